The molecule has 7 nitrogen and oxygen atoms in total. The lowest BCUT2D eigenvalue weighted by molar-refractivity contribution is 0.122. The van der Waals surface area contributed by atoms with Crippen molar-refractivity contribution in [1.29, 1.82) is 0 Å². The van der Waals surface area contributed by atoms with Gasteiger partial charge in [-0.1, -0.05) is 0 Å². The topological polar surface area (TPSA) is 73.5 Å². The maximum Gasteiger partial charge on any atom is 0.232 e. The number of pyridine rings is 1. The van der Waals surface area contributed by atoms with E-state index in [1.165, 1.54) is 0 Å². The highest BCUT2D eigenvalue weighted by Gasteiger charge is 2.21. The van der Waals surface area contributed by atoms with E-state index in [1.807, 2.05) is 19.1 Å². The molecule has 0 spiro atoms. The van der Waals surface area contributed by atoms with Crippen LogP contribution in [0.3, 0.4) is 0 Å². The number of hydrogen-bond donors (Lipinski definition) is 0. The first kappa shape index (κ1) is 13.3. The zero-order valence-corrected chi connectivity index (χ0v) is 12.5. The summed E-state index contributed by atoms with van der Waals surface area (Å²) in [6.07, 6.45) is 0. The molecule has 1 aliphatic heterocycles. The Morgan fingerprint density at radius 3 is 2.73 bits per heavy atom. The summed E-state index contributed by atoms with van der Waals surface area (Å²) >= 11 is 0. The van der Waals surface area contributed by atoms with Gasteiger partial charge in [0.05, 0.1) is 25.7 Å². The van der Waals surface area contributed by atoms with Crippen LogP contribution in [-0.4, -0.2) is 48.4 Å². The van der Waals surface area contributed by atoms with Crippen LogP contribution in [0.2, 0.25) is 0 Å². The summed E-state index contributed by atoms with van der Waals surface area (Å²) in [4.78, 5) is 15.6. The average molecular weight is 300 g/mol. The maximum absolute atomic E-state index is 5.94. The standard InChI is InChI=1S/C15H16N4O3/c1-9-16-12-10-3-4-11(20-2)18-15(10)22-13(12)14(17-9)19-5-7-21-8-6-19/h3-4H,5-8H2,1-2H3. The number of nitrogens with zero attached hydrogens (tertiary/aromatic N) is 4. The van der Waals surface area contributed by atoms with Crippen molar-refractivity contribution >= 4 is 28.0 Å². The monoisotopic (exact) mass is 300 g/mol. The van der Waals surface area contributed by atoms with Crippen LogP contribution in [0.4, 0.5) is 5.82 Å². The first-order chi connectivity index (χ1) is 10.8. The minimum atomic E-state index is 0.517. The van der Waals surface area contributed by atoms with Gasteiger partial charge in [0.2, 0.25) is 11.6 Å². The Morgan fingerprint density at radius 2 is 1.95 bits per heavy atom. The van der Waals surface area contributed by atoms with Crippen molar-refractivity contribution in [2.45, 2.75) is 6.92 Å². The molecule has 0 unspecified atom stereocenters. The number of aryl methyl sites for hydroxylation is 1. The van der Waals surface area contributed by atoms with Gasteiger partial charge in [0, 0.05) is 19.2 Å². The second-order valence-electron chi connectivity index (χ2n) is 5.18. The van der Waals surface area contributed by atoms with E-state index in [4.69, 9.17) is 13.9 Å². The third-order valence-corrected chi connectivity index (χ3v) is 3.77. The summed E-state index contributed by atoms with van der Waals surface area (Å²) in [6, 6.07) is 3.73. The number of anilines is 1. The Bertz CT molecular complexity index is 840. The molecule has 22 heavy (non-hydrogen) atoms. The molecular formula is C15H16N4O3. The molecule has 3 aromatic rings. The van der Waals surface area contributed by atoms with Gasteiger partial charge in [-0.15, -0.1) is 0 Å². The molecule has 4 rings (SSSR count). The molecule has 0 bridgehead atoms. The average Bonchev–Trinajstić information content (AvgIpc) is 2.92. The minimum absolute atomic E-state index is 0.517. The molecule has 0 atom stereocenters. The Hall–Kier alpha value is -2.41. The molecule has 0 N–H and O–H groups in total. The molecule has 1 saturated heterocycles. The molecule has 114 valence electrons. The Balaban J connectivity index is 1.96. The molecule has 4 heterocycles. The normalized spacial score (nSPS) is 15.6. The smallest absolute Gasteiger partial charge is 0.232 e. The van der Waals surface area contributed by atoms with Gasteiger partial charge in [0.25, 0.3) is 0 Å². The molecule has 0 aliphatic carbocycles. The van der Waals surface area contributed by atoms with Crippen molar-refractivity contribution in [2.75, 3.05) is 38.3 Å². The number of fused-ring (bicyclic) bond motifs is 3. The Morgan fingerprint density at radius 1 is 1.14 bits per heavy atom. The van der Waals surface area contributed by atoms with Crippen molar-refractivity contribution in [3.8, 4) is 5.88 Å². The van der Waals surface area contributed by atoms with Crippen molar-refractivity contribution in [3.05, 3.63) is 18.0 Å². The van der Waals surface area contributed by atoms with E-state index >= 15 is 0 Å². The molecule has 0 radical (unpaired) electrons. The summed E-state index contributed by atoms with van der Waals surface area (Å²) in [5.74, 6) is 2.04. The molecule has 1 fully saturated rings. The molecular weight excluding hydrogens is 284 g/mol. The Labute approximate surface area is 126 Å². The summed E-state index contributed by atoms with van der Waals surface area (Å²) in [5, 5.41) is 0.871. The zero-order valence-electron chi connectivity index (χ0n) is 12.5. The predicted molar refractivity (Wildman–Crippen MR) is 81.4 cm³/mol. The fourth-order valence-electron chi connectivity index (χ4n) is 2.71. The van der Waals surface area contributed by atoms with E-state index in [0.717, 1.165) is 29.8 Å². The van der Waals surface area contributed by atoms with Gasteiger partial charge >= 0.3 is 0 Å². The Kier molecular flexibility index (Phi) is 3.07. The number of furan rings is 1. The van der Waals surface area contributed by atoms with Crippen LogP contribution in [0, 0.1) is 6.92 Å². The molecule has 0 saturated carbocycles. The van der Waals surface area contributed by atoms with Crippen molar-refractivity contribution in [2.24, 2.45) is 0 Å². The van der Waals surface area contributed by atoms with E-state index in [1.54, 1.807) is 7.11 Å². The van der Waals surface area contributed by atoms with Crippen LogP contribution in [0.1, 0.15) is 5.82 Å². The highest BCUT2D eigenvalue weighted by Crippen LogP contribution is 2.33. The quantitative estimate of drug-likeness (QED) is 0.716. The second-order valence-corrected chi connectivity index (χ2v) is 5.18. The third kappa shape index (κ3) is 2.05. The maximum atomic E-state index is 5.94. The van der Waals surface area contributed by atoms with Gasteiger partial charge in [-0.05, 0) is 13.0 Å². The second kappa shape index (κ2) is 5.10. The van der Waals surface area contributed by atoms with Crippen LogP contribution in [-0.2, 0) is 4.74 Å². The van der Waals surface area contributed by atoms with Crippen molar-refractivity contribution < 1.29 is 13.9 Å². The lowest BCUT2D eigenvalue weighted by Crippen LogP contribution is -2.37. The molecule has 1 aliphatic rings. The number of methoxy groups -OCH3 is 1. The zero-order chi connectivity index (χ0) is 15.1. The fourth-order valence-corrected chi connectivity index (χ4v) is 2.71. The van der Waals surface area contributed by atoms with Crippen molar-refractivity contribution in [3.63, 3.8) is 0 Å². The number of morpholine rings is 1. The van der Waals surface area contributed by atoms with E-state index < -0.39 is 0 Å². The van der Waals surface area contributed by atoms with E-state index in [0.29, 0.717) is 36.2 Å². The highest BCUT2D eigenvalue weighted by molar-refractivity contribution is 6.04. The molecule has 7 heteroatoms. The summed E-state index contributed by atoms with van der Waals surface area (Å²) < 4.78 is 16.5. The van der Waals surface area contributed by atoms with Gasteiger partial charge in [0.15, 0.2) is 11.4 Å². The highest BCUT2D eigenvalue weighted by atomic mass is 16.5. The number of rotatable bonds is 2. The summed E-state index contributed by atoms with van der Waals surface area (Å²) in [7, 11) is 1.58. The lowest BCUT2D eigenvalue weighted by Gasteiger charge is -2.27. The van der Waals surface area contributed by atoms with Gasteiger partial charge < -0.3 is 18.8 Å². The van der Waals surface area contributed by atoms with Crippen LogP contribution in [0.5, 0.6) is 5.88 Å². The van der Waals surface area contributed by atoms with Crippen LogP contribution in [0.15, 0.2) is 16.5 Å². The van der Waals surface area contributed by atoms with Crippen LogP contribution < -0.4 is 9.64 Å². The van der Waals surface area contributed by atoms with Gasteiger partial charge in [0.1, 0.15) is 11.3 Å². The largest absolute Gasteiger partial charge is 0.481 e. The number of hydrogen-bond acceptors (Lipinski definition) is 7. The first-order valence-corrected chi connectivity index (χ1v) is 7.21. The van der Waals surface area contributed by atoms with Gasteiger partial charge in [-0.25, -0.2) is 9.97 Å². The molecule has 0 amide bonds. The van der Waals surface area contributed by atoms with E-state index in [9.17, 15) is 0 Å². The summed E-state index contributed by atoms with van der Waals surface area (Å²) in [6.45, 7) is 4.85. The van der Waals surface area contributed by atoms with Gasteiger partial charge in [-0.2, -0.15) is 4.98 Å². The van der Waals surface area contributed by atoms with E-state index in [-0.39, 0.29) is 0 Å². The van der Waals surface area contributed by atoms with Crippen molar-refractivity contribution in [1.82, 2.24) is 15.0 Å². The number of ether oxygens (including phenoxy) is 2. The van der Waals surface area contributed by atoms with E-state index in [2.05, 4.69) is 19.9 Å². The molecule has 3 aromatic heterocycles. The molecule has 0 aromatic carbocycles. The SMILES string of the molecule is COc1ccc2c(n1)oc1c(N3CCOCC3)nc(C)nc12. The summed E-state index contributed by atoms with van der Waals surface area (Å²) in [5.41, 5.74) is 1.98. The van der Waals surface area contributed by atoms with Crippen LogP contribution >= 0.6 is 0 Å². The lowest BCUT2D eigenvalue weighted by atomic mass is 10.3. The minimum Gasteiger partial charge on any atom is -0.481 e. The van der Waals surface area contributed by atoms with Gasteiger partial charge in [-0.3, -0.25) is 0 Å². The number of aromatic nitrogens is 3. The first-order valence-electron chi connectivity index (χ1n) is 7.21. The third-order valence-electron chi connectivity index (χ3n) is 3.77. The fraction of sp³-hybridized carbons (Fsp3) is 0.400. The van der Waals surface area contributed by atoms with Crippen LogP contribution in [0.25, 0.3) is 22.2 Å². The predicted octanol–water partition coefficient (Wildman–Crippen LogP) is 1.92.